The van der Waals surface area contributed by atoms with Gasteiger partial charge >= 0.3 is 0 Å². The van der Waals surface area contributed by atoms with Crippen molar-refractivity contribution >= 4 is 5.69 Å². The summed E-state index contributed by atoms with van der Waals surface area (Å²) in [4.78, 5) is 2.34. The molecule has 0 aliphatic carbocycles. The van der Waals surface area contributed by atoms with Gasteiger partial charge in [-0.1, -0.05) is 12.1 Å². The molecule has 1 aliphatic rings. The molecule has 4 nitrogen and oxygen atoms in total. The van der Waals surface area contributed by atoms with E-state index in [1.165, 1.54) is 0 Å². The van der Waals surface area contributed by atoms with Gasteiger partial charge in [-0.2, -0.15) is 0 Å². The van der Waals surface area contributed by atoms with Crippen molar-refractivity contribution in [1.29, 1.82) is 0 Å². The van der Waals surface area contributed by atoms with E-state index in [1.54, 1.807) is 0 Å². The molecule has 2 unspecified atom stereocenters. The number of nitrogens with one attached hydrogen (secondary N) is 1. The standard InChI is InChI=1S/C15H24N2O2/c1-3-19-15-7-5-4-6-14(15)17-10-13(11-18)16-9-8-12(17)2/h4-7,12-13,16,18H,3,8-11H2,1-2H3. The number of para-hydroxylation sites is 2. The highest BCUT2D eigenvalue weighted by Crippen LogP contribution is 2.30. The third-order valence-electron chi connectivity index (χ3n) is 3.64. The van der Waals surface area contributed by atoms with Gasteiger partial charge in [-0.15, -0.1) is 0 Å². The first kappa shape index (κ1) is 14.2. The van der Waals surface area contributed by atoms with Gasteiger partial charge in [-0.05, 0) is 38.9 Å². The number of hydrogen-bond acceptors (Lipinski definition) is 4. The summed E-state index contributed by atoms with van der Waals surface area (Å²) in [5.74, 6) is 0.926. The van der Waals surface area contributed by atoms with Gasteiger partial charge in [0.15, 0.2) is 0 Å². The molecule has 1 aromatic rings. The summed E-state index contributed by atoms with van der Waals surface area (Å²) in [6.45, 7) is 6.81. The number of aliphatic hydroxyl groups excluding tert-OH is 1. The van der Waals surface area contributed by atoms with Crippen molar-refractivity contribution in [3.63, 3.8) is 0 Å². The number of rotatable bonds is 4. The van der Waals surface area contributed by atoms with Gasteiger partial charge in [0.25, 0.3) is 0 Å². The Morgan fingerprint density at radius 1 is 1.42 bits per heavy atom. The number of anilines is 1. The predicted molar refractivity (Wildman–Crippen MR) is 77.9 cm³/mol. The maximum atomic E-state index is 9.42. The largest absolute Gasteiger partial charge is 0.492 e. The zero-order valence-electron chi connectivity index (χ0n) is 11.8. The molecule has 1 heterocycles. The molecule has 19 heavy (non-hydrogen) atoms. The van der Waals surface area contributed by atoms with E-state index in [-0.39, 0.29) is 12.6 Å². The summed E-state index contributed by atoms with van der Waals surface area (Å²) >= 11 is 0. The van der Waals surface area contributed by atoms with Crippen molar-refractivity contribution in [3.8, 4) is 5.75 Å². The average molecular weight is 264 g/mol. The predicted octanol–water partition coefficient (Wildman–Crippen LogP) is 1.63. The van der Waals surface area contributed by atoms with Crippen molar-refractivity contribution < 1.29 is 9.84 Å². The molecular formula is C15H24N2O2. The Hall–Kier alpha value is -1.26. The maximum Gasteiger partial charge on any atom is 0.142 e. The summed E-state index contributed by atoms with van der Waals surface area (Å²) in [5.41, 5.74) is 1.12. The van der Waals surface area contributed by atoms with E-state index in [1.807, 2.05) is 25.1 Å². The lowest BCUT2D eigenvalue weighted by atomic mass is 10.1. The Morgan fingerprint density at radius 2 is 2.21 bits per heavy atom. The number of aliphatic hydroxyl groups is 1. The quantitative estimate of drug-likeness (QED) is 0.867. The molecule has 0 amide bonds. The summed E-state index contributed by atoms with van der Waals surface area (Å²) in [6.07, 6.45) is 1.07. The van der Waals surface area contributed by atoms with Crippen LogP contribution >= 0.6 is 0 Å². The second-order valence-electron chi connectivity index (χ2n) is 5.02. The highest BCUT2D eigenvalue weighted by Gasteiger charge is 2.24. The molecule has 0 spiro atoms. The molecule has 0 radical (unpaired) electrons. The Kier molecular flexibility index (Phi) is 5.05. The summed E-state index contributed by atoms with van der Waals surface area (Å²) < 4.78 is 5.72. The lowest BCUT2D eigenvalue weighted by molar-refractivity contribution is 0.248. The molecule has 4 heteroatoms. The van der Waals surface area contributed by atoms with Crippen LogP contribution in [-0.4, -0.2) is 43.5 Å². The van der Waals surface area contributed by atoms with E-state index in [2.05, 4.69) is 23.2 Å². The van der Waals surface area contributed by atoms with E-state index >= 15 is 0 Å². The normalized spacial score (nSPS) is 24.1. The second kappa shape index (κ2) is 6.78. The zero-order valence-corrected chi connectivity index (χ0v) is 11.8. The Labute approximate surface area is 115 Å². The summed E-state index contributed by atoms with van der Waals surface area (Å²) in [5, 5.41) is 12.8. The van der Waals surface area contributed by atoms with Crippen LogP contribution in [0.1, 0.15) is 20.3 Å². The van der Waals surface area contributed by atoms with E-state index < -0.39 is 0 Å². The highest BCUT2D eigenvalue weighted by molar-refractivity contribution is 5.59. The van der Waals surface area contributed by atoms with Crippen molar-refractivity contribution in [3.05, 3.63) is 24.3 Å². The van der Waals surface area contributed by atoms with Crippen LogP contribution in [0, 0.1) is 0 Å². The first-order valence-corrected chi connectivity index (χ1v) is 7.09. The van der Waals surface area contributed by atoms with Crippen LogP contribution in [0.5, 0.6) is 5.75 Å². The van der Waals surface area contributed by atoms with Crippen molar-refractivity contribution in [2.75, 3.05) is 31.2 Å². The number of hydrogen-bond donors (Lipinski definition) is 2. The fourth-order valence-electron chi connectivity index (χ4n) is 2.56. The Morgan fingerprint density at radius 3 is 2.95 bits per heavy atom. The lowest BCUT2D eigenvalue weighted by Crippen LogP contribution is -2.42. The molecule has 0 aromatic heterocycles. The minimum absolute atomic E-state index is 0.125. The topological polar surface area (TPSA) is 44.7 Å². The molecule has 0 saturated carbocycles. The van der Waals surface area contributed by atoms with E-state index in [9.17, 15) is 5.11 Å². The minimum atomic E-state index is 0.125. The van der Waals surface area contributed by atoms with Gasteiger partial charge in [0.2, 0.25) is 0 Å². The van der Waals surface area contributed by atoms with Crippen LogP contribution in [0.15, 0.2) is 24.3 Å². The fourth-order valence-corrected chi connectivity index (χ4v) is 2.56. The molecule has 2 N–H and O–H groups in total. The van der Waals surface area contributed by atoms with Crippen LogP contribution in [0.25, 0.3) is 0 Å². The van der Waals surface area contributed by atoms with Crippen LogP contribution < -0.4 is 15.0 Å². The van der Waals surface area contributed by atoms with Crippen molar-refractivity contribution in [2.45, 2.75) is 32.4 Å². The Bertz CT molecular complexity index is 397. The van der Waals surface area contributed by atoms with Crippen LogP contribution in [-0.2, 0) is 0 Å². The summed E-state index contributed by atoms with van der Waals surface area (Å²) in [6, 6.07) is 8.71. The van der Waals surface area contributed by atoms with Crippen molar-refractivity contribution in [2.24, 2.45) is 0 Å². The molecule has 106 valence electrons. The number of nitrogens with zero attached hydrogens (tertiary/aromatic N) is 1. The van der Waals surface area contributed by atoms with E-state index in [4.69, 9.17) is 4.74 Å². The van der Waals surface area contributed by atoms with Crippen LogP contribution in [0.4, 0.5) is 5.69 Å². The van der Waals surface area contributed by atoms with E-state index in [0.29, 0.717) is 12.6 Å². The minimum Gasteiger partial charge on any atom is -0.492 e. The zero-order chi connectivity index (χ0) is 13.7. The molecule has 1 saturated heterocycles. The van der Waals surface area contributed by atoms with Crippen LogP contribution in [0.3, 0.4) is 0 Å². The molecule has 2 rings (SSSR count). The van der Waals surface area contributed by atoms with Gasteiger partial charge in [-0.3, -0.25) is 0 Å². The highest BCUT2D eigenvalue weighted by atomic mass is 16.5. The lowest BCUT2D eigenvalue weighted by Gasteiger charge is -2.32. The number of benzene rings is 1. The molecular weight excluding hydrogens is 240 g/mol. The van der Waals surface area contributed by atoms with Gasteiger partial charge in [0.05, 0.1) is 18.9 Å². The smallest absolute Gasteiger partial charge is 0.142 e. The Balaban J connectivity index is 2.26. The molecule has 1 aromatic carbocycles. The first-order chi connectivity index (χ1) is 9.26. The first-order valence-electron chi connectivity index (χ1n) is 7.09. The molecule has 1 fully saturated rings. The molecule has 1 aliphatic heterocycles. The van der Waals surface area contributed by atoms with Gasteiger partial charge in [-0.25, -0.2) is 0 Å². The second-order valence-corrected chi connectivity index (χ2v) is 5.02. The maximum absolute atomic E-state index is 9.42. The van der Waals surface area contributed by atoms with Crippen LogP contribution in [0.2, 0.25) is 0 Å². The summed E-state index contributed by atoms with van der Waals surface area (Å²) in [7, 11) is 0. The fraction of sp³-hybridized carbons (Fsp3) is 0.600. The molecule has 0 bridgehead atoms. The molecule has 2 atom stereocenters. The SMILES string of the molecule is CCOc1ccccc1N1CC(CO)NCCC1C. The third kappa shape index (κ3) is 3.39. The van der Waals surface area contributed by atoms with Gasteiger partial charge in [0.1, 0.15) is 5.75 Å². The van der Waals surface area contributed by atoms with Crippen molar-refractivity contribution in [1.82, 2.24) is 5.32 Å². The average Bonchev–Trinajstić information content (AvgIpc) is 2.61. The number of ether oxygens (including phenoxy) is 1. The third-order valence-corrected chi connectivity index (χ3v) is 3.64. The monoisotopic (exact) mass is 264 g/mol. The van der Waals surface area contributed by atoms with Gasteiger partial charge < -0.3 is 20.1 Å². The van der Waals surface area contributed by atoms with E-state index in [0.717, 1.165) is 30.9 Å². The van der Waals surface area contributed by atoms with Gasteiger partial charge in [0, 0.05) is 18.6 Å².